The maximum Gasteiger partial charge on any atom is 0.325 e. The molecule has 1 aromatic heterocycles. The van der Waals surface area contributed by atoms with Gasteiger partial charge in [-0.25, -0.2) is 0 Å². The molecule has 2 rings (SSSR count). The van der Waals surface area contributed by atoms with E-state index in [-0.39, 0.29) is 6.54 Å². The molecule has 14 heavy (non-hydrogen) atoms. The fourth-order valence-corrected chi connectivity index (χ4v) is 1.48. The van der Waals surface area contributed by atoms with E-state index < -0.39 is 5.97 Å². The Morgan fingerprint density at radius 1 is 1.71 bits per heavy atom. The van der Waals surface area contributed by atoms with Gasteiger partial charge in [0.05, 0.1) is 11.2 Å². The first kappa shape index (κ1) is 8.74. The van der Waals surface area contributed by atoms with E-state index in [9.17, 15) is 4.79 Å². The molecular formula is C10H9N2O2. The molecule has 1 heterocycles. The molecule has 71 valence electrons. The van der Waals surface area contributed by atoms with Crippen molar-refractivity contribution in [1.82, 2.24) is 9.78 Å². The van der Waals surface area contributed by atoms with Crippen LogP contribution >= 0.6 is 0 Å². The molecular weight excluding hydrogens is 180 g/mol. The van der Waals surface area contributed by atoms with Gasteiger partial charge in [-0.05, 0) is 19.1 Å². The number of rotatable bonds is 2. The summed E-state index contributed by atoms with van der Waals surface area (Å²) in [6.07, 6.45) is 0. The second-order valence-electron chi connectivity index (χ2n) is 3.08. The van der Waals surface area contributed by atoms with Crippen molar-refractivity contribution in [2.24, 2.45) is 0 Å². The van der Waals surface area contributed by atoms with Crippen LogP contribution in [-0.4, -0.2) is 20.9 Å². The number of aliphatic carboxylic acids is 1. The summed E-state index contributed by atoms with van der Waals surface area (Å²) in [6, 6.07) is 8.34. The molecule has 2 aromatic rings. The zero-order valence-corrected chi connectivity index (χ0v) is 7.69. The molecule has 4 heteroatoms. The minimum atomic E-state index is -0.891. The van der Waals surface area contributed by atoms with Crippen molar-refractivity contribution in [2.75, 3.05) is 0 Å². The van der Waals surface area contributed by atoms with Gasteiger partial charge in [0, 0.05) is 5.39 Å². The molecule has 1 radical (unpaired) electrons. The van der Waals surface area contributed by atoms with E-state index in [2.05, 4.69) is 11.2 Å². The molecule has 0 bridgehead atoms. The van der Waals surface area contributed by atoms with E-state index in [4.69, 9.17) is 5.11 Å². The first-order valence-corrected chi connectivity index (χ1v) is 4.23. The van der Waals surface area contributed by atoms with Gasteiger partial charge in [-0.3, -0.25) is 9.48 Å². The minimum absolute atomic E-state index is 0.109. The molecule has 0 aliphatic carbocycles. The summed E-state index contributed by atoms with van der Waals surface area (Å²) in [7, 11) is 0. The molecule has 4 nitrogen and oxygen atoms in total. The molecule has 0 unspecified atom stereocenters. The van der Waals surface area contributed by atoms with E-state index >= 15 is 0 Å². The molecule has 1 aromatic carbocycles. The zero-order valence-electron chi connectivity index (χ0n) is 7.69. The highest BCUT2D eigenvalue weighted by Gasteiger charge is 2.08. The molecule has 0 fully saturated rings. The van der Waals surface area contributed by atoms with Gasteiger partial charge in [0.25, 0.3) is 0 Å². The van der Waals surface area contributed by atoms with Crippen LogP contribution in [0.4, 0.5) is 0 Å². The van der Waals surface area contributed by atoms with Crippen molar-refractivity contribution in [3.63, 3.8) is 0 Å². The van der Waals surface area contributed by atoms with Gasteiger partial charge < -0.3 is 5.11 Å². The van der Waals surface area contributed by atoms with Crippen molar-refractivity contribution in [3.05, 3.63) is 30.0 Å². The third-order valence-electron chi connectivity index (χ3n) is 2.07. The Labute approximate surface area is 80.8 Å². The second-order valence-corrected chi connectivity index (χ2v) is 3.08. The number of carboxylic acids is 1. The summed E-state index contributed by atoms with van der Waals surface area (Å²) in [5, 5.41) is 13.8. The smallest absolute Gasteiger partial charge is 0.325 e. The fourth-order valence-electron chi connectivity index (χ4n) is 1.48. The van der Waals surface area contributed by atoms with Crippen LogP contribution in [0.3, 0.4) is 0 Å². The number of nitrogens with zero attached hydrogens (tertiary/aromatic N) is 2. The second kappa shape index (κ2) is 3.14. The van der Waals surface area contributed by atoms with E-state index in [0.717, 1.165) is 16.6 Å². The van der Waals surface area contributed by atoms with Crippen LogP contribution in [0, 0.1) is 13.0 Å². The summed E-state index contributed by atoms with van der Waals surface area (Å²) in [4.78, 5) is 10.6. The van der Waals surface area contributed by atoms with E-state index in [1.54, 1.807) is 12.1 Å². The summed E-state index contributed by atoms with van der Waals surface area (Å²) in [5.41, 5.74) is 1.66. The van der Waals surface area contributed by atoms with Gasteiger partial charge in [-0.2, -0.15) is 5.10 Å². The van der Waals surface area contributed by atoms with Crippen molar-refractivity contribution in [2.45, 2.75) is 13.5 Å². The Morgan fingerprint density at radius 3 is 3.21 bits per heavy atom. The summed E-state index contributed by atoms with van der Waals surface area (Å²) < 4.78 is 1.48. The lowest BCUT2D eigenvalue weighted by Crippen LogP contribution is -2.09. The number of carboxylic acid groups (broad SMARTS) is 1. The zero-order chi connectivity index (χ0) is 10.1. The van der Waals surface area contributed by atoms with Crippen molar-refractivity contribution in [3.8, 4) is 0 Å². The normalized spacial score (nSPS) is 10.6. The monoisotopic (exact) mass is 189 g/mol. The van der Waals surface area contributed by atoms with Gasteiger partial charge in [0.2, 0.25) is 0 Å². The highest BCUT2D eigenvalue weighted by atomic mass is 16.4. The lowest BCUT2D eigenvalue weighted by Gasteiger charge is -1.97. The summed E-state index contributed by atoms with van der Waals surface area (Å²) in [6.45, 7) is 1.75. The highest BCUT2D eigenvalue weighted by molar-refractivity contribution is 5.82. The first-order valence-electron chi connectivity index (χ1n) is 4.23. The molecule has 1 N–H and O–H groups in total. The number of hydrogen-bond acceptors (Lipinski definition) is 2. The van der Waals surface area contributed by atoms with Crippen LogP contribution in [0.15, 0.2) is 18.2 Å². The van der Waals surface area contributed by atoms with Crippen molar-refractivity contribution >= 4 is 16.9 Å². The summed E-state index contributed by atoms with van der Waals surface area (Å²) >= 11 is 0. The third-order valence-corrected chi connectivity index (χ3v) is 2.07. The number of fused-ring (bicyclic) bond motifs is 1. The molecule has 0 atom stereocenters. The number of aryl methyl sites for hydroxylation is 1. The van der Waals surface area contributed by atoms with Gasteiger partial charge in [0.1, 0.15) is 6.54 Å². The van der Waals surface area contributed by atoms with Crippen LogP contribution in [0.25, 0.3) is 10.9 Å². The van der Waals surface area contributed by atoms with E-state index in [1.165, 1.54) is 4.68 Å². The number of aromatic nitrogens is 2. The van der Waals surface area contributed by atoms with Gasteiger partial charge >= 0.3 is 5.97 Å². The molecule has 0 aliphatic rings. The average molecular weight is 189 g/mol. The lowest BCUT2D eigenvalue weighted by atomic mass is 10.2. The van der Waals surface area contributed by atoms with Crippen molar-refractivity contribution < 1.29 is 9.90 Å². The quantitative estimate of drug-likeness (QED) is 0.773. The van der Waals surface area contributed by atoms with E-state index in [0.29, 0.717) is 0 Å². The highest BCUT2D eigenvalue weighted by Crippen LogP contribution is 2.16. The predicted molar refractivity (Wildman–Crippen MR) is 50.9 cm³/mol. The maximum atomic E-state index is 10.6. The van der Waals surface area contributed by atoms with Crippen LogP contribution in [0.5, 0.6) is 0 Å². The minimum Gasteiger partial charge on any atom is -0.480 e. The van der Waals surface area contributed by atoms with Gasteiger partial charge in [-0.15, -0.1) is 0 Å². The standard InChI is InChI=1S/C10H9N2O2/c1-7-8-4-2-3-5-9(8)12(11-7)6-10(13)14/h2,4-5H,6H2,1H3,(H,13,14). The average Bonchev–Trinajstić information content (AvgIpc) is 2.44. The fraction of sp³-hybridized carbons (Fsp3) is 0.200. The Kier molecular flexibility index (Phi) is 1.96. The van der Waals surface area contributed by atoms with Crippen LogP contribution in [0.2, 0.25) is 0 Å². The molecule has 0 aliphatic heterocycles. The number of hydrogen-bond donors (Lipinski definition) is 1. The van der Waals surface area contributed by atoms with Gasteiger partial charge in [-0.1, -0.05) is 12.1 Å². The topological polar surface area (TPSA) is 55.1 Å². The Bertz CT molecular complexity index is 488. The molecule has 0 saturated heterocycles. The van der Waals surface area contributed by atoms with Gasteiger partial charge in [0.15, 0.2) is 0 Å². The van der Waals surface area contributed by atoms with Crippen LogP contribution in [0.1, 0.15) is 5.69 Å². The number of benzene rings is 1. The van der Waals surface area contributed by atoms with Crippen LogP contribution < -0.4 is 0 Å². The Hall–Kier alpha value is -1.84. The summed E-state index contributed by atoms with van der Waals surface area (Å²) in [5.74, 6) is -0.891. The molecule has 0 amide bonds. The molecule has 0 saturated carbocycles. The maximum absolute atomic E-state index is 10.6. The largest absolute Gasteiger partial charge is 0.480 e. The molecule has 0 spiro atoms. The lowest BCUT2D eigenvalue weighted by molar-refractivity contribution is -0.137. The predicted octanol–water partition coefficient (Wildman–Crippen LogP) is 1.23. The van der Waals surface area contributed by atoms with Crippen LogP contribution in [-0.2, 0) is 11.3 Å². The first-order chi connectivity index (χ1) is 6.68. The Balaban J connectivity index is 2.60. The SMILES string of the molecule is Cc1nn(CC(=O)O)c2c[c]ccc12. The Morgan fingerprint density at radius 2 is 2.50 bits per heavy atom. The third kappa shape index (κ3) is 1.35. The van der Waals surface area contributed by atoms with E-state index in [1.807, 2.05) is 13.0 Å². The van der Waals surface area contributed by atoms with Crippen molar-refractivity contribution in [1.29, 1.82) is 0 Å². The number of carbonyl (C=O) groups is 1.